The van der Waals surface area contributed by atoms with Crippen molar-refractivity contribution >= 4 is 28.2 Å². The number of hydrogen-bond donors (Lipinski definition) is 3. The number of benzene rings is 1. The van der Waals surface area contributed by atoms with E-state index in [1.807, 2.05) is 30.0 Å². The van der Waals surface area contributed by atoms with Crippen LogP contribution in [0.25, 0.3) is 10.9 Å². The summed E-state index contributed by atoms with van der Waals surface area (Å²) in [4.78, 5) is 17.4. The number of aromatic nitrogens is 1. The van der Waals surface area contributed by atoms with E-state index in [9.17, 15) is 9.90 Å². The van der Waals surface area contributed by atoms with Crippen molar-refractivity contribution in [3.05, 3.63) is 45.7 Å². The second-order valence-electron chi connectivity index (χ2n) is 7.03. The van der Waals surface area contributed by atoms with Crippen molar-refractivity contribution in [2.75, 3.05) is 26.3 Å². The van der Waals surface area contributed by atoms with Gasteiger partial charge in [-0.1, -0.05) is 11.6 Å². The molecule has 6 nitrogen and oxygen atoms in total. The van der Waals surface area contributed by atoms with Crippen molar-refractivity contribution in [3.8, 4) is 0 Å². The van der Waals surface area contributed by atoms with Gasteiger partial charge < -0.3 is 25.0 Å². The van der Waals surface area contributed by atoms with Crippen LogP contribution in [0.5, 0.6) is 0 Å². The molecule has 1 aliphatic rings. The Hall–Kier alpha value is -1.96. The first-order valence-corrected chi connectivity index (χ1v) is 9.85. The van der Waals surface area contributed by atoms with Crippen molar-refractivity contribution in [2.45, 2.75) is 38.8 Å². The molecule has 3 rings (SSSR count). The molecule has 146 valence electrons. The normalized spacial score (nSPS) is 16.6. The van der Waals surface area contributed by atoms with Gasteiger partial charge in [0, 0.05) is 37.4 Å². The van der Waals surface area contributed by atoms with E-state index in [2.05, 4.69) is 16.4 Å². The number of aliphatic hydroxyl groups is 1. The van der Waals surface area contributed by atoms with Crippen LogP contribution in [0, 0.1) is 6.92 Å². The fourth-order valence-electron chi connectivity index (χ4n) is 3.33. The largest absolute Gasteiger partial charge is 0.396 e. The third kappa shape index (κ3) is 5.28. The Morgan fingerprint density at radius 2 is 2.30 bits per heavy atom. The fraction of sp³-hybridized carbons (Fsp3) is 0.500. The van der Waals surface area contributed by atoms with E-state index < -0.39 is 0 Å². The highest BCUT2D eigenvalue weighted by Gasteiger charge is 2.18. The van der Waals surface area contributed by atoms with Crippen molar-refractivity contribution < 1.29 is 9.84 Å². The smallest absolute Gasteiger partial charge is 0.253 e. The summed E-state index contributed by atoms with van der Waals surface area (Å²) in [6.07, 6.45) is 2.90. The molecule has 27 heavy (non-hydrogen) atoms. The molecule has 0 amide bonds. The number of hydrogen-bond acceptors (Lipinski definition) is 4. The molecule has 1 aromatic heterocycles. The number of H-pyrrole nitrogens is 1. The highest BCUT2D eigenvalue weighted by Crippen LogP contribution is 2.15. The molecule has 0 aliphatic carbocycles. The Bertz CT molecular complexity index is 846. The van der Waals surface area contributed by atoms with Crippen LogP contribution < -0.4 is 10.9 Å². The Balaban J connectivity index is 1.74. The number of aromatic amines is 1. The first-order valence-electron chi connectivity index (χ1n) is 9.44. The van der Waals surface area contributed by atoms with Gasteiger partial charge in [0.05, 0.1) is 12.6 Å². The maximum absolute atomic E-state index is 12.5. The van der Waals surface area contributed by atoms with E-state index in [1.165, 1.54) is 0 Å². The van der Waals surface area contributed by atoms with E-state index in [0.717, 1.165) is 35.9 Å². The summed E-state index contributed by atoms with van der Waals surface area (Å²) in [6, 6.07) is 7.89. The van der Waals surface area contributed by atoms with Gasteiger partial charge >= 0.3 is 0 Å². The summed E-state index contributed by atoms with van der Waals surface area (Å²) in [5.41, 5.74) is 2.52. The van der Waals surface area contributed by atoms with Gasteiger partial charge in [0.25, 0.3) is 5.56 Å². The van der Waals surface area contributed by atoms with Gasteiger partial charge in [0.1, 0.15) is 0 Å². The molecule has 0 saturated carbocycles. The minimum atomic E-state index is -0.109. The lowest BCUT2D eigenvalue weighted by Gasteiger charge is -2.26. The van der Waals surface area contributed by atoms with Crippen LogP contribution in [0.1, 0.15) is 30.4 Å². The van der Waals surface area contributed by atoms with Crippen LogP contribution in [-0.4, -0.2) is 52.5 Å². The van der Waals surface area contributed by atoms with Gasteiger partial charge in [-0.25, -0.2) is 0 Å². The zero-order valence-corrected chi connectivity index (χ0v) is 16.5. The number of thiocarbonyl (C=S) groups is 1. The molecule has 3 N–H and O–H groups in total. The molecule has 0 spiro atoms. The van der Waals surface area contributed by atoms with Crippen LogP contribution in [0.3, 0.4) is 0 Å². The molecule has 2 heterocycles. The average molecular weight is 390 g/mol. The van der Waals surface area contributed by atoms with E-state index >= 15 is 0 Å². The lowest BCUT2D eigenvalue weighted by molar-refractivity contribution is 0.113. The van der Waals surface area contributed by atoms with Gasteiger partial charge in [0.15, 0.2) is 5.11 Å². The quantitative estimate of drug-likeness (QED) is 0.630. The van der Waals surface area contributed by atoms with E-state index in [0.29, 0.717) is 36.7 Å². The molecule has 0 radical (unpaired) electrons. The molecule has 1 saturated heterocycles. The average Bonchev–Trinajstić information content (AvgIpc) is 3.17. The Morgan fingerprint density at radius 1 is 1.44 bits per heavy atom. The fourth-order valence-corrected chi connectivity index (χ4v) is 3.57. The number of pyridine rings is 1. The standard InChI is InChI=1S/C20H27N3O3S/c1-14-5-6-18-15(10-14)11-16(19(25)22-18)13-23(7-3-8-24)20(27)21-12-17-4-2-9-26-17/h5-6,10-11,17,24H,2-4,7-9,12-13H2,1H3,(H,21,27)(H,22,25)/t17-/m1/s1. The number of nitrogens with one attached hydrogen (secondary N) is 2. The van der Waals surface area contributed by atoms with Gasteiger partial charge in [-0.2, -0.15) is 0 Å². The Labute approximate surface area is 164 Å². The van der Waals surface area contributed by atoms with Crippen LogP contribution in [0.4, 0.5) is 0 Å². The zero-order chi connectivity index (χ0) is 19.2. The molecular weight excluding hydrogens is 362 g/mol. The minimum Gasteiger partial charge on any atom is -0.396 e. The van der Waals surface area contributed by atoms with Gasteiger partial charge in [-0.3, -0.25) is 4.79 Å². The SMILES string of the molecule is Cc1ccc2[nH]c(=O)c(CN(CCCO)C(=S)NC[C@H]3CCCO3)cc2c1. The number of nitrogens with zero attached hydrogens (tertiary/aromatic N) is 1. The maximum atomic E-state index is 12.5. The molecule has 0 unspecified atom stereocenters. The molecular formula is C20H27N3O3S. The summed E-state index contributed by atoms with van der Waals surface area (Å²) in [5.74, 6) is 0. The number of aliphatic hydroxyl groups excluding tert-OH is 1. The highest BCUT2D eigenvalue weighted by molar-refractivity contribution is 7.80. The van der Waals surface area contributed by atoms with Crippen LogP contribution in [0.15, 0.2) is 29.1 Å². The minimum absolute atomic E-state index is 0.0815. The number of rotatable bonds is 7. The predicted octanol–water partition coefficient (Wildman–Crippen LogP) is 2.07. The Kier molecular flexibility index (Phi) is 6.82. The first kappa shape index (κ1) is 19.8. The second-order valence-corrected chi connectivity index (χ2v) is 7.42. The molecule has 1 aromatic carbocycles. The zero-order valence-electron chi connectivity index (χ0n) is 15.7. The summed E-state index contributed by atoms with van der Waals surface area (Å²) in [7, 11) is 0. The monoisotopic (exact) mass is 389 g/mol. The summed E-state index contributed by atoms with van der Waals surface area (Å²) < 4.78 is 5.63. The molecule has 1 fully saturated rings. The number of fused-ring (bicyclic) bond motifs is 1. The third-order valence-electron chi connectivity index (χ3n) is 4.82. The van der Waals surface area contributed by atoms with Crippen molar-refractivity contribution in [3.63, 3.8) is 0 Å². The topological polar surface area (TPSA) is 77.6 Å². The molecule has 7 heteroatoms. The maximum Gasteiger partial charge on any atom is 0.253 e. The van der Waals surface area contributed by atoms with Crippen LogP contribution in [-0.2, 0) is 11.3 Å². The van der Waals surface area contributed by atoms with E-state index in [-0.39, 0.29) is 18.3 Å². The first-order chi connectivity index (χ1) is 13.1. The molecule has 1 aliphatic heterocycles. The van der Waals surface area contributed by atoms with Gasteiger partial charge in [-0.15, -0.1) is 0 Å². The second kappa shape index (κ2) is 9.30. The highest BCUT2D eigenvalue weighted by atomic mass is 32.1. The van der Waals surface area contributed by atoms with Crippen LogP contribution >= 0.6 is 12.2 Å². The molecule has 0 bridgehead atoms. The number of aryl methyl sites for hydroxylation is 1. The van der Waals surface area contributed by atoms with E-state index in [1.54, 1.807) is 0 Å². The van der Waals surface area contributed by atoms with Gasteiger partial charge in [0.2, 0.25) is 0 Å². The summed E-state index contributed by atoms with van der Waals surface area (Å²) >= 11 is 5.55. The molecule has 1 atom stereocenters. The lowest BCUT2D eigenvalue weighted by Crippen LogP contribution is -2.43. The summed E-state index contributed by atoms with van der Waals surface area (Å²) in [6.45, 7) is 4.57. The van der Waals surface area contributed by atoms with Crippen molar-refractivity contribution in [1.29, 1.82) is 0 Å². The van der Waals surface area contributed by atoms with E-state index in [4.69, 9.17) is 17.0 Å². The number of ether oxygens (including phenoxy) is 1. The third-order valence-corrected chi connectivity index (χ3v) is 5.22. The predicted molar refractivity (Wildman–Crippen MR) is 111 cm³/mol. The van der Waals surface area contributed by atoms with Gasteiger partial charge in [-0.05, 0) is 62.0 Å². The summed E-state index contributed by atoms with van der Waals surface area (Å²) in [5, 5.41) is 14.1. The Morgan fingerprint density at radius 3 is 3.04 bits per heavy atom. The van der Waals surface area contributed by atoms with Crippen LogP contribution in [0.2, 0.25) is 0 Å². The lowest BCUT2D eigenvalue weighted by atomic mass is 10.1. The molecule has 2 aromatic rings. The van der Waals surface area contributed by atoms with Crippen molar-refractivity contribution in [2.24, 2.45) is 0 Å². The van der Waals surface area contributed by atoms with Crippen molar-refractivity contribution in [1.82, 2.24) is 15.2 Å².